The third-order valence-electron chi connectivity index (χ3n) is 4.84. The van der Waals surface area contributed by atoms with Crippen molar-refractivity contribution in [1.82, 2.24) is 5.32 Å². The molecule has 2 aliphatic heterocycles. The van der Waals surface area contributed by atoms with Crippen molar-refractivity contribution >= 4 is 17.3 Å². The van der Waals surface area contributed by atoms with Gasteiger partial charge in [-0.05, 0) is 24.3 Å². The Hall–Kier alpha value is -3.33. The predicted molar refractivity (Wildman–Crippen MR) is 105 cm³/mol. The average molecular weight is 399 g/mol. The van der Waals surface area contributed by atoms with Crippen molar-refractivity contribution in [2.45, 2.75) is 6.10 Å². The lowest BCUT2D eigenvalue weighted by molar-refractivity contribution is -0.384. The first kappa shape index (κ1) is 19.0. The molecule has 0 aromatic heterocycles. The Kier molecular flexibility index (Phi) is 5.48. The number of fused-ring (bicyclic) bond motifs is 1. The van der Waals surface area contributed by atoms with Gasteiger partial charge in [0.2, 0.25) is 0 Å². The fourth-order valence-electron chi connectivity index (χ4n) is 3.35. The standard InChI is InChI=1S/C20H21N3O6/c24-20(21-12-15-13-28-18-3-1-2-4-19(18)29-15)14-5-6-16(17(11-14)23(25)26)22-7-9-27-10-8-22/h1-6,11,15H,7-10,12-13H2,(H,21,24)/t15-/m0/s1. The molecule has 2 aromatic rings. The van der Waals surface area contributed by atoms with Crippen LogP contribution in [-0.2, 0) is 4.74 Å². The number of nitro benzene ring substituents is 1. The summed E-state index contributed by atoms with van der Waals surface area (Å²) in [5, 5.41) is 14.3. The first-order valence-corrected chi connectivity index (χ1v) is 9.39. The summed E-state index contributed by atoms with van der Waals surface area (Å²) >= 11 is 0. The van der Waals surface area contributed by atoms with E-state index in [4.69, 9.17) is 14.2 Å². The molecule has 0 bridgehead atoms. The van der Waals surface area contributed by atoms with Crippen LogP contribution in [0, 0.1) is 10.1 Å². The van der Waals surface area contributed by atoms with Gasteiger partial charge in [0.15, 0.2) is 11.5 Å². The molecule has 2 heterocycles. The third kappa shape index (κ3) is 4.24. The average Bonchev–Trinajstić information content (AvgIpc) is 2.77. The molecule has 1 atom stereocenters. The SMILES string of the molecule is O=C(NC[C@H]1COc2ccccc2O1)c1ccc(N2CCOCC2)c([N+](=O)[O-])c1. The van der Waals surface area contributed by atoms with Crippen LogP contribution in [0.15, 0.2) is 42.5 Å². The number of carbonyl (C=O) groups is 1. The van der Waals surface area contributed by atoms with Gasteiger partial charge >= 0.3 is 0 Å². The van der Waals surface area contributed by atoms with Crippen molar-refractivity contribution in [2.24, 2.45) is 0 Å². The van der Waals surface area contributed by atoms with Crippen LogP contribution in [0.2, 0.25) is 0 Å². The van der Waals surface area contributed by atoms with Crippen molar-refractivity contribution in [2.75, 3.05) is 44.4 Å². The van der Waals surface area contributed by atoms with E-state index in [1.807, 2.05) is 23.1 Å². The van der Waals surface area contributed by atoms with E-state index in [9.17, 15) is 14.9 Å². The number of nitrogens with zero attached hydrogens (tertiary/aromatic N) is 2. The van der Waals surface area contributed by atoms with E-state index in [1.165, 1.54) is 6.07 Å². The van der Waals surface area contributed by atoms with Crippen LogP contribution < -0.4 is 19.7 Å². The molecule has 2 aromatic carbocycles. The molecule has 2 aliphatic rings. The highest BCUT2D eigenvalue weighted by Crippen LogP contribution is 2.31. The van der Waals surface area contributed by atoms with Crippen LogP contribution in [0.1, 0.15) is 10.4 Å². The number of nitro groups is 1. The van der Waals surface area contributed by atoms with Crippen LogP contribution in [-0.4, -0.2) is 56.4 Å². The number of morpholine rings is 1. The normalized spacial score (nSPS) is 18.2. The minimum Gasteiger partial charge on any atom is -0.486 e. The third-order valence-corrected chi connectivity index (χ3v) is 4.84. The van der Waals surface area contributed by atoms with Crippen LogP contribution in [0.4, 0.5) is 11.4 Å². The van der Waals surface area contributed by atoms with Crippen LogP contribution in [0.5, 0.6) is 11.5 Å². The minimum absolute atomic E-state index is 0.0919. The number of para-hydroxylation sites is 2. The Bertz CT molecular complexity index is 913. The van der Waals surface area contributed by atoms with Crippen LogP contribution in [0.25, 0.3) is 0 Å². The molecule has 0 aliphatic carbocycles. The Morgan fingerprint density at radius 1 is 1.17 bits per heavy atom. The smallest absolute Gasteiger partial charge is 0.293 e. The number of hydrogen-bond acceptors (Lipinski definition) is 7. The molecule has 1 saturated heterocycles. The van der Waals surface area contributed by atoms with Crippen LogP contribution >= 0.6 is 0 Å². The first-order chi connectivity index (χ1) is 14.1. The number of carbonyl (C=O) groups excluding carboxylic acids is 1. The van der Waals surface area contributed by atoms with E-state index < -0.39 is 10.8 Å². The zero-order valence-electron chi connectivity index (χ0n) is 15.7. The maximum Gasteiger partial charge on any atom is 0.293 e. The molecule has 1 amide bonds. The molecular formula is C20H21N3O6. The Balaban J connectivity index is 1.42. The molecule has 4 rings (SSSR count). The second-order valence-electron chi connectivity index (χ2n) is 6.77. The van der Waals surface area contributed by atoms with Gasteiger partial charge in [-0.1, -0.05) is 12.1 Å². The Morgan fingerprint density at radius 2 is 1.93 bits per heavy atom. The Labute approximate surface area is 167 Å². The molecule has 1 fully saturated rings. The van der Waals surface area contributed by atoms with Gasteiger partial charge < -0.3 is 24.4 Å². The van der Waals surface area contributed by atoms with E-state index in [1.54, 1.807) is 18.2 Å². The van der Waals surface area contributed by atoms with Gasteiger partial charge in [-0.3, -0.25) is 14.9 Å². The van der Waals surface area contributed by atoms with E-state index in [2.05, 4.69) is 5.32 Å². The molecule has 0 saturated carbocycles. The fraction of sp³-hybridized carbons (Fsp3) is 0.350. The zero-order valence-corrected chi connectivity index (χ0v) is 15.7. The molecule has 1 N–H and O–H groups in total. The number of ether oxygens (including phenoxy) is 3. The summed E-state index contributed by atoms with van der Waals surface area (Å²) in [4.78, 5) is 25.5. The number of benzene rings is 2. The van der Waals surface area contributed by atoms with E-state index in [0.29, 0.717) is 50.1 Å². The van der Waals surface area contributed by atoms with E-state index >= 15 is 0 Å². The topological polar surface area (TPSA) is 103 Å². The highest BCUT2D eigenvalue weighted by atomic mass is 16.6. The zero-order chi connectivity index (χ0) is 20.2. The maximum absolute atomic E-state index is 12.5. The van der Waals surface area contributed by atoms with Gasteiger partial charge in [0.1, 0.15) is 18.4 Å². The second-order valence-corrected chi connectivity index (χ2v) is 6.77. The minimum atomic E-state index is -0.462. The summed E-state index contributed by atoms with van der Waals surface area (Å²) in [6, 6.07) is 11.9. The van der Waals surface area contributed by atoms with E-state index in [-0.39, 0.29) is 23.9 Å². The molecule has 152 valence electrons. The maximum atomic E-state index is 12.5. The van der Waals surface area contributed by atoms with Crippen molar-refractivity contribution in [3.05, 3.63) is 58.1 Å². The van der Waals surface area contributed by atoms with Gasteiger partial charge in [0, 0.05) is 24.7 Å². The molecular weight excluding hydrogens is 378 g/mol. The number of amides is 1. The van der Waals surface area contributed by atoms with Gasteiger partial charge in [-0.2, -0.15) is 0 Å². The molecule has 0 spiro atoms. The number of hydrogen-bond donors (Lipinski definition) is 1. The number of nitrogens with one attached hydrogen (secondary N) is 1. The van der Waals surface area contributed by atoms with Gasteiger partial charge in [-0.15, -0.1) is 0 Å². The molecule has 9 heteroatoms. The highest BCUT2D eigenvalue weighted by Gasteiger charge is 2.25. The van der Waals surface area contributed by atoms with Crippen molar-refractivity contribution in [3.63, 3.8) is 0 Å². The lowest BCUT2D eigenvalue weighted by Crippen LogP contribution is -2.40. The van der Waals surface area contributed by atoms with Crippen molar-refractivity contribution in [3.8, 4) is 11.5 Å². The van der Waals surface area contributed by atoms with Crippen LogP contribution in [0.3, 0.4) is 0 Å². The van der Waals surface area contributed by atoms with Gasteiger partial charge in [-0.25, -0.2) is 0 Å². The first-order valence-electron chi connectivity index (χ1n) is 9.39. The molecule has 9 nitrogen and oxygen atoms in total. The highest BCUT2D eigenvalue weighted by molar-refractivity contribution is 5.95. The monoisotopic (exact) mass is 399 g/mol. The molecule has 0 unspecified atom stereocenters. The summed E-state index contributed by atoms with van der Waals surface area (Å²) < 4.78 is 16.7. The summed E-state index contributed by atoms with van der Waals surface area (Å²) in [7, 11) is 0. The predicted octanol–water partition coefficient (Wildman–Crippen LogP) is 2.00. The molecule has 29 heavy (non-hydrogen) atoms. The summed E-state index contributed by atoms with van der Waals surface area (Å²) in [6.45, 7) is 2.73. The van der Waals surface area contributed by atoms with E-state index in [0.717, 1.165) is 0 Å². The quantitative estimate of drug-likeness (QED) is 0.606. The summed E-state index contributed by atoms with van der Waals surface area (Å²) in [5.41, 5.74) is 0.632. The lowest BCUT2D eigenvalue weighted by atomic mass is 10.1. The van der Waals surface area contributed by atoms with Gasteiger partial charge in [0.25, 0.3) is 11.6 Å². The number of rotatable bonds is 5. The summed E-state index contributed by atoms with van der Waals surface area (Å²) in [6.07, 6.45) is -0.337. The van der Waals surface area contributed by atoms with Crippen molar-refractivity contribution in [1.29, 1.82) is 0 Å². The lowest BCUT2D eigenvalue weighted by Gasteiger charge is -2.28. The molecule has 0 radical (unpaired) electrons. The second kappa shape index (κ2) is 8.36. The summed E-state index contributed by atoms with van der Waals surface area (Å²) in [5.74, 6) is 0.900. The number of anilines is 1. The van der Waals surface area contributed by atoms with Crippen molar-refractivity contribution < 1.29 is 23.9 Å². The Morgan fingerprint density at radius 3 is 2.69 bits per heavy atom. The fourth-order valence-corrected chi connectivity index (χ4v) is 3.35. The van der Waals surface area contributed by atoms with Gasteiger partial charge in [0.05, 0.1) is 24.7 Å². The largest absolute Gasteiger partial charge is 0.486 e.